The molecule has 0 spiro atoms. The Kier molecular flexibility index (Phi) is 4.92. The van der Waals surface area contributed by atoms with E-state index in [-0.39, 0.29) is 23.8 Å². The van der Waals surface area contributed by atoms with Crippen LogP contribution in [0.5, 0.6) is 5.75 Å². The number of fused-ring (bicyclic) bond motifs is 10. The number of aromatic nitrogens is 4. The van der Waals surface area contributed by atoms with Crippen molar-refractivity contribution >= 4 is 22.9 Å². The van der Waals surface area contributed by atoms with Gasteiger partial charge in [0.05, 0.1) is 23.3 Å². The zero-order valence-electron chi connectivity index (χ0n) is 18.7. The molecule has 0 atom stereocenters. The average Bonchev–Trinajstić information content (AvgIpc) is 3.21. The minimum Gasteiger partial charge on any atom is -0.508 e. The van der Waals surface area contributed by atoms with Gasteiger partial charge in [-0.1, -0.05) is 24.3 Å². The van der Waals surface area contributed by atoms with Gasteiger partial charge in [0.1, 0.15) is 5.75 Å². The van der Waals surface area contributed by atoms with Crippen molar-refractivity contribution in [1.29, 1.82) is 0 Å². The third-order valence-electron chi connectivity index (χ3n) is 6.25. The summed E-state index contributed by atoms with van der Waals surface area (Å²) in [6.45, 7) is 0.706. The van der Waals surface area contributed by atoms with E-state index in [0.717, 1.165) is 27.7 Å². The van der Waals surface area contributed by atoms with E-state index in [1.807, 2.05) is 41.0 Å². The van der Waals surface area contributed by atoms with Gasteiger partial charge in [-0.05, 0) is 66.1 Å². The van der Waals surface area contributed by atoms with Crippen LogP contribution in [0, 0.1) is 0 Å². The van der Waals surface area contributed by atoms with Crippen LogP contribution < -0.4 is 10.9 Å². The van der Waals surface area contributed by atoms with E-state index in [1.165, 1.54) is 10.7 Å². The number of rotatable bonds is 0. The summed E-state index contributed by atoms with van der Waals surface area (Å²) < 4.78 is 3.33. The van der Waals surface area contributed by atoms with Gasteiger partial charge < -0.3 is 9.67 Å². The molecule has 1 aliphatic rings. The number of hydrogen-bond acceptors (Lipinski definition) is 5. The lowest BCUT2D eigenvalue weighted by Gasteiger charge is -2.14. The predicted molar refractivity (Wildman–Crippen MR) is 133 cm³/mol. The highest BCUT2D eigenvalue weighted by molar-refractivity contribution is 6.04. The number of anilines is 1. The van der Waals surface area contributed by atoms with Gasteiger partial charge in [-0.25, -0.2) is 9.67 Å². The fourth-order valence-electron chi connectivity index (χ4n) is 4.45. The van der Waals surface area contributed by atoms with Crippen LogP contribution in [-0.4, -0.2) is 30.3 Å². The zero-order valence-corrected chi connectivity index (χ0v) is 18.7. The van der Waals surface area contributed by atoms with E-state index >= 15 is 0 Å². The Morgan fingerprint density at radius 2 is 1.77 bits per heavy atom. The van der Waals surface area contributed by atoms with Crippen LogP contribution in [0.1, 0.15) is 21.5 Å². The highest BCUT2D eigenvalue weighted by Gasteiger charge is 2.17. The van der Waals surface area contributed by atoms with Crippen molar-refractivity contribution < 1.29 is 9.90 Å². The number of nitrogens with zero attached hydrogens (tertiary/aromatic N) is 4. The number of imidazole rings is 1. The topological polar surface area (TPSA) is 102 Å². The molecule has 35 heavy (non-hydrogen) atoms. The third kappa shape index (κ3) is 3.85. The largest absolute Gasteiger partial charge is 0.508 e. The Balaban J connectivity index is 1.54. The SMILES string of the molecule is O=C1Nc2nc3ccccc3n2CCc2cc(ccc2O)-c2ccc(=O)n(n2)Cc2cccc1c2. The molecule has 0 fully saturated rings. The molecule has 3 heterocycles. The Morgan fingerprint density at radius 3 is 2.69 bits per heavy atom. The summed E-state index contributed by atoms with van der Waals surface area (Å²) >= 11 is 0. The zero-order chi connectivity index (χ0) is 23.9. The second-order valence-corrected chi connectivity index (χ2v) is 8.54. The molecule has 0 radical (unpaired) electrons. The summed E-state index contributed by atoms with van der Waals surface area (Å²) in [6.07, 6.45) is 0.498. The van der Waals surface area contributed by atoms with Gasteiger partial charge in [0, 0.05) is 23.7 Å². The molecule has 8 nitrogen and oxygen atoms in total. The van der Waals surface area contributed by atoms with Gasteiger partial charge in [-0.15, -0.1) is 0 Å². The van der Waals surface area contributed by atoms with Crippen molar-refractivity contribution in [2.24, 2.45) is 0 Å². The van der Waals surface area contributed by atoms with Crippen LogP contribution in [0.25, 0.3) is 22.3 Å². The Hall–Kier alpha value is -4.72. The van der Waals surface area contributed by atoms with Crippen molar-refractivity contribution in [1.82, 2.24) is 19.3 Å². The molecule has 6 rings (SSSR count). The van der Waals surface area contributed by atoms with Crippen molar-refractivity contribution in [3.8, 4) is 17.0 Å². The quantitative estimate of drug-likeness (QED) is 0.364. The van der Waals surface area contributed by atoms with Gasteiger partial charge >= 0.3 is 0 Å². The monoisotopic (exact) mass is 463 g/mol. The van der Waals surface area contributed by atoms with Crippen LogP contribution in [-0.2, 0) is 19.5 Å². The van der Waals surface area contributed by atoms with Crippen LogP contribution in [0.4, 0.5) is 5.95 Å². The second-order valence-electron chi connectivity index (χ2n) is 8.54. The molecule has 3 aromatic carbocycles. The van der Waals surface area contributed by atoms with E-state index in [9.17, 15) is 14.7 Å². The number of phenolic OH excluding ortho intramolecular Hbond substituents is 1. The van der Waals surface area contributed by atoms with Crippen LogP contribution in [0.3, 0.4) is 0 Å². The molecule has 5 aromatic rings. The summed E-state index contributed by atoms with van der Waals surface area (Å²) in [6, 6.07) is 23.3. The molecule has 1 aliphatic heterocycles. The first-order valence-corrected chi connectivity index (χ1v) is 11.3. The first kappa shape index (κ1) is 20.9. The number of hydrogen-bond donors (Lipinski definition) is 2. The molecule has 6 bridgehead atoms. The highest BCUT2D eigenvalue weighted by atomic mass is 16.3. The van der Waals surface area contributed by atoms with Crippen molar-refractivity contribution in [2.75, 3.05) is 5.32 Å². The standard InChI is InChI=1S/C27H21N5O3/c33-24-10-8-18-15-19(24)12-13-31-23-7-2-1-6-22(23)28-27(31)29-26(35)20-5-3-4-17(14-20)16-32-25(34)11-9-21(18)30-32/h1-11,14-15,33H,12-13,16H2,(H,28,29,35). The number of benzene rings is 3. The lowest BCUT2D eigenvalue weighted by Crippen LogP contribution is -2.23. The maximum atomic E-state index is 13.2. The molecule has 172 valence electrons. The lowest BCUT2D eigenvalue weighted by molar-refractivity contribution is 0.102. The molecule has 8 heteroatoms. The molecular formula is C27H21N5O3. The first-order valence-electron chi connectivity index (χ1n) is 11.3. The molecular weight excluding hydrogens is 442 g/mol. The van der Waals surface area contributed by atoms with Gasteiger partial charge in [-0.2, -0.15) is 5.10 Å². The summed E-state index contributed by atoms with van der Waals surface area (Å²) in [5.41, 5.74) is 4.81. The summed E-state index contributed by atoms with van der Waals surface area (Å²) in [5, 5.41) is 18.0. The van der Waals surface area contributed by atoms with Crippen LogP contribution in [0.15, 0.2) is 83.7 Å². The second kappa shape index (κ2) is 8.25. The summed E-state index contributed by atoms with van der Waals surface area (Å²) in [5.74, 6) is 0.315. The van der Waals surface area contributed by atoms with Crippen molar-refractivity contribution in [3.63, 3.8) is 0 Å². The molecule has 2 aromatic heterocycles. The number of carbonyl (C=O) groups excluding carboxylic acids is 1. The molecule has 0 unspecified atom stereocenters. The fourth-order valence-corrected chi connectivity index (χ4v) is 4.45. The molecule has 0 saturated heterocycles. The van der Waals surface area contributed by atoms with Gasteiger partial charge in [0.25, 0.3) is 11.5 Å². The Morgan fingerprint density at radius 1 is 0.886 bits per heavy atom. The predicted octanol–water partition coefficient (Wildman–Crippen LogP) is 3.82. The number of carbonyl (C=O) groups is 1. The van der Waals surface area contributed by atoms with Crippen LogP contribution >= 0.6 is 0 Å². The minimum absolute atomic E-state index is 0.174. The lowest BCUT2D eigenvalue weighted by atomic mass is 10.0. The maximum absolute atomic E-state index is 13.2. The summed E-state index contributed by atoms with van der Waals surface area (Å²) in [7, 11) is 0. The van der Waals surface area contributed by atoms with E-state index in [0.29, 0.717) is 30.2 Å². The number of nitrogens with one attached hydrogen (secondary N) is 1. The molecule has 1 amide bonds. The van der Waals surface area contributed by atoms with E-state index in [4.69, 9.17) is 0 Å². The summed E-state index contributed by atoms with van der Waals surface area (Å²) in [4.78, 5) is 30.3. The van der Waals surface area contributed by atoms with E-state index in [2.05, 4.69) is 15.4 Å². The maximum Gasteiger partial charge on any atom is 0.267 e. The highest BCUT2D eigenvalue weighted by Crippen LogP contribution is 2.27. The average molecular weight is 463 g/mol. The van der Waals surface area contributed by atoms with Crippen LogP contribution in [0.2, 0.25) is 0 Å². The number of aromatic hydroxyl groups is 1. The number of phenols is 1. The van der Waals surface area contributed by atoms with Crippen molar-refractivity contribution in [2.45, 2.75) is 19.5 Å². The van der Waals surface area contributed by atoms with E-state index in [1.54, 1.807) is 36.4 Å². The smallest absolute Gasteiger partial charge is 0.267 e. The number of para-hydroxylation sites is 2. The number of aryl methyl sites for hydroxylation is 2. The molecule has 0 saturated carbocycles. The van der Waals surface area contributed by atoms with Gasteiger partial charge in [-0.3, -0.25) is 14.9 Å². The first-order chi connectivity index (χ1) is 17.0. The van der Waals surface area contributed by atoms with Gasteiger partial charge in [0.2, 0.25) is 5.95 Å². The molecule has 0 aliphatic carbocycles. The Bertz CT molecular complexity index is 1670. The third-order valence-corrected chi connectivity index (χ3v) is 6.25. The fraction of sp³-hybridized carbons (Fsp3) is 0.111. The number of amides is 1. The Labute approximate surface area is 200 Å². The normalized spacial score (nSPS) is 13.3. The van der Waals surface area contributed by atoms with Gasteiger partial charge in [0.15, 0.2) is 0 Å². The van der Waals surface area contributed by atoms with Crippen molar-refractivity contribution in [3.05, 3.63) is 106 Å². The minimum atomic E-state index is -0.297. The van der Waals surface area contributed by atoms with E-state index < -0.39 is 0 Å². The molecule has 2 N–H and O–H groups in total.